The van der Waals surface area contributed by atoms with Gasteiger partial charge in [-0.15, -0.1) is 0 Å². The van der Waals surface area contributed by atoms with Gasteiger partial charge in [-0.3, -0.25) is 0 Å². The van der Waals surface area contributed by atoms with Crippen molar-refractivity contribution in [1.29, 1.82) is 0 Å². The molecule has 94 valence electrons. The molecule has 2 aromatic rings. The van der Waals surface area contributed by atoms with Gasteiger partial charge in [0.1, 0.15) is 0 Å². The van der Waals surface area contributed by atoms with Gasteiger partial charge < -0.3 is 5.11 Å². The largest absolute Gasteiger partial charge is 0.388 e. The highest BCUT2D eigenvalue weighted by Gasteiger charge is 2.08. The van der Waals surface area contributed by atoms with Gasteiger partial charge in [0, 0.05) is 0 Å². The van der Waals surface area contributed by atoms with Gasteiger partial charge in [0.15, 0.2) is 11.6 Å². The summed E-state index contributed by atoms with van der Waals surface area (Å²) in [6.45, 7) is 0. The van der Waals surface area contributed by atoms with Crippen LogP contribution in [0.2, 0.25) is 0 Å². The van der Waals surface area contributed by atoms with Crippen LogP contribution in [0.3, 0.4) is 0 Å². The zero-order chi connectivity index (χ0) is 13.0. The smallest absolute Gasteiger partial charge is 0.159 e. The lowest BCUT2D eigenvalue weighted by atomic mass is 10.0. The van der Waals surface area contributed by atoms with Gasteiger partial charge in [-0.1, -0.05) is 36.4 Å². The van der Waals surface area contributed by atoms with Crippen LogP contribution in [0, 0.1) is 11.6 Å². The highest BCUT2D eigenvalue weighted by molar-refractivity contribution is 5.20. The maximum Gasteiger partial charge on any atom is 0.159 e. The summed E-state index contributed by atoms with van der Waals surface area (Å²) in [6, 6.07) is 13.1. The molecule has 1 N–H and O–H groups in total. The zero-order valence-corrected chi connectivity index (χ0v) is 9.81. The molecule has 2 aromatic carbocycles. The third kappa shape index (κ3) is 3.14. The molecule has 1 atom stereocenters. The molecule has 3 heteroatoms. The second-order valence-corrected chi connectivity index (χ2v) is 4.21. The van der Waals surface area contributed by atoms with E-state index in [2.05, 4.69) is 0 Å². The molecule has 0 spiro atoms. The maximum absolute atomic E-state index is 13.0. The van der Waals surface area contributed by atoms with E-state index in [1.54, 1.807) is 0 Å². The third-order valence-electron chi connectivity index (χ3n) is 2.87. The van der Waals surface area contributed by atoms with Crippen LogP contribution in [0.15, 0.2) is 48.5 Å². The summed E-state index contributed by atoms with van der Waals surface area (Å²) >= 11 is 0. The molecule has 0 fully saturated rings. The lowest BCUT2D eigenvalue weighted by molar-refractivity contribution is 0.168. The van der Waals surface area contributed by atoms with Crippen LogP contribution >= 0.6 is 0 Å². The Kier molecular flexibility index (Phi) is 4.05. The fourth-order valence-electron chi connectivity index (χ4n) is 1.84. The van der Waals surface area contributed by atoms with Crippen LogP contribution in [0.25, 0.3) is 0 Å². The van der Waals surface area contributed by atoms with E-state index in [1.807, 2.05) is 30.3 Å². The third-order valence-corrected chi connectivity index (χ3v) is 2.87. The Bertz CT molecular complexity index is 511. The van der Waals surface area contributed by atoms with Crippen LogP contribution in [-0.2, 0) is 6.42 Å². The Labute approximate surface area is 105 Å². The maximum atomic E-state index is 13.0. The molecule has 0 radical (unpaired) electrons. The van der Waals surface area contributed by atoms with Crippen molar-refractivity contribution >= 4 is 0 Å². The first kappa shape index (κ1) is 12.7. The lowest BCUT2D eigenvalue weighted by Gasteiger charge is -2.10. The van der Waals surface area contributed by atoms with Crippen molar-refractivity contribution in [2.45, 2.75) is 18.9 Å². The Morgan fingerprint density at radius 2 is 1.67 bits per heavy atom. The standard InChI is InChI=1S/C15H14F2O/c16-13-8-6-11(10-14(13)17)7-9-15(18)12-4-2-1-3-5-12/h1-6,8,10,15,18H,7,9H2. The van der Waals surface area contributed by atoms with Crippen molar-refractivity contribution < 1.29 is 13.9 Å². The van der Waals surface area contributed by atoms with E-state index < -0.39 is 17.7 Å². The van der Waals surface area contributed by atoms with Crippen molar-refractivity contribution in [2.75, 3.05) is 0 Å². The van der Waals surface area contributed by atoms with Crippen molar-refractivity contribution in [3.8, 4) is 0 Å². The summed E-state index contributed by atoms with van der Waals surface area (Å²) in [5.41, 5.74) is 1.52. The van der Waals surface area contributed by atoms with Gasteiger partial charge in [0.25, 0.3) is 0 Å². The Hall–Kier alpha value is -1.74. The fraction of sp³-hybridized carbons (Fsp3) is 0.200. The number of hydrogen-bond donors (Lipinski definition) is 1. The molecule has 0 aliphatic heterocycles. The van der Waals surface area contributed by atoms with Crippen molar-refractivity contribution in [1.82, 2.24) is 0 Å². The predicted molar refractivity (Wildman–Crippen MR) is 66.1 cm³/mol. The molecule has 0 bridgehead atoms. The summed E-state index contributed by atoms with van der Waals surface area (Å²) in [7, 11) is 0. The topological polar surface area (TPSA) is 20.2 Å². The quantitative estimate of drug-likeness (QED) is 0.876. The second-order valence-electron chi connectivity index (χ2n) is 4.21. The summed E-state index contributed by atoms with van der Waals surface area (Å²) in [5, 5.41) is 9.94. The number of benzene rings is 2. The SMILES string of the molecule is OC(CCc1ccc(F)c(F)c1)c1ccccc1. The van der Waals surface area contributed by atoms with E-state index in [0.717, 1.165) is 11.6 Å². The molecule has 0 amide bonds. The van der Waals surface area contributed by atoms with Gasteiger partial charge in [0.05, 0.1) is 6.10 Å². The van der Waals surface area contributed by atoms with E-state index in [0.29, 0.717) is 18.4 Å². The van der Waals surface area contributed by atoms with Gasteiger partial charge in [-0.25, -0.2) is 8.78 Å². The molecule has 0 heterocycles. The molecule has 0 aliphatic rings. The number of aliphatic hydroxyl groups excluding tert-OH is 1. The van der Waals surface area contributed by atoms with Crippen molar-refractivity contribution in [2.24, 2.45) is 0 Å². The first-order valence-electron chi connectivity index (χ1n) is 5.84. The molecule has 2 rings (SSSR count). The normalized spacial score (nSPS) is 12.4. The van der Waals surface area contributed by atoms with Crippen LogP contribution in [0.5, 0.6) is 0 Å². The minimum Gasteiger partial charge on any atom is -0.388 e. The molecule has 1 unspecified atom stereocenters. The summed E-state index contributed by atoms with van der Waals surface area (Å²) in [5.74, 6) is -1.69. The molecule has 1 nitrogen and oxygen atoms in total. The lowest BCUT2D eigenvalue weighted by Crippen LogP contribution is -2.00. The molecule has 0 aliphatic carbocycles. The highest BCUT2D eigenvalue weighted by atomic mass is 19.2. The first-order chi connectivity index (χ1) is 8.66. The minimum atomic E-state index is -0.846. The number of halogens is 2. The van der Waals surface area contributed by atoms with E-state index in [-0.39, 0.29) is 0 Å². The summed E-state index contributed by atoms with van der Waals surface area (Å²) in [6.07, 6.45) is 0.404. The van der Waals surface area contributed by atoms with Crippen LogP contribution < -0.4 is 0 Å². The zero-order valence-electron chi connectivity index (χ0n) is 9.81. The van der Waals surface area contributed by atoms with Crippen LogP contribution in [0.1, 0.15) is 23.7 Å². The average molecular weight is 248 g/mol. The molecular formula is C15H14F2O. The average Bonchev–Trinajstić information content (AvgIpc) is 2.41. The first-order valence-corrected chi connectivity index (χ1v) is 5.84. The van der Waals surface area contributed by atoms with Gasteiger partial charge in [0.2, 0.25) is 0 Å². The van der Waals surface area contributed by atoms with Gasteiger partial charge >= 0.3 is 0 Å². The summed E-state index contributed by atoms with van der Waals surface area (Å²) in [4.78, 5) is 0. The monoisotopic (exact) mass is 248 g/mol. The molecule has 18 heavy (non-hydrogen) atoms. The predicted octanol–water partition coefficient (Wildman–Crippen LogP) is 3.63. The van der Waals surface area contributed by atoms with E-state index >= 15 is 0 Å². The minimum absolute atomic E-state index is 0.481. The molecule has 0 saturated carbocycles. The van der Waals surface area contributed by atoms with E-state index in [9.17, 15) is 13.9 Å². The van der Waals surface area contributed by atoms with Crippen molar-refractivity contribution in [3.63, 3.8) is 0 Å². The van der Waals surface area contributed by atoms with Gasteiger partial charge in [-0.05, 0) is 36.1 Å². The fourth-order valence-corrected chi connectivity index (χ4v) is 1.84. The molecular weight excluding hydrogens is 234 g/mol. The van der Waals surface area contributed by atoms with E-state index in [1.165, 1.54) is 12.1 Å². The summed E-state index contributed by atoms with van der Waals surface area (Å²) < 4.78 is 25.7. The highest BCUT2D eigenvalue weighted by Crippen LogP contribution is 2.19. The Balaban J connectivity index is 1.97. The number of hydrogen-bond acceptors (Lipinski definition) is 1. The van der Waals surface area contributed by atoms with E-state index in [4.69, 9.17) is 0 Å². The Morgan fingerprint density at radius 3 is 2.33 bits per heavy atom. The van der Waals surface area contributed by atoms with Gasteiger partial charge in [-0.2, -0.15) is 0 Å². The van der Waals surface area contributed by atoms with Crippen LogP contribution in [-0.4, -0.2) is 5.11 Å². The number of aliphatic hydroxyl groups is 1. The second kappa shape index (κ2) is 5.74. The molecule has 0 aromatic heterocycles. The number of rotatable bonds is 4. The van der Waals surface area contributed by atoms with Crippen molar-refractivity contribution in [3.05, 3.63) is 71.3 Å². The number of aryl methyl sites for hydroxylation is 1. The Morgan fingerprint density at radius 1 is 0.944 bits per heavy atom. The molecule has 0 saturated heterocycles. The van der Waals surface area contributed by atoms with Crippen LogP contribution in [0.4, 0.5) is 8.78 Å².